The number of hydrogen-bond acceptors (Lipinski definition) is 6. The van der Waals surface area contributed by atoms with E-state index in [-0.39, 0.29) is 11.4 Å². The van der Waals surface area contributed by atoms with E-state index in [2.05, 4.69) is 40.7 Å². The first-order chi connectivity index (χ1) is 15.5. The van der Waals surface area contributed by atoms with Crippen LogP contribution in [0.4, 0.5) is 0 Å². The molecule has 0 N–H and O–H groups in total. The Bertz CT molecular complexity index is 1330. The van der Waals surface area contributed by atoms with Crippen molar-refractivity contribution in [3.05, 3.63) is 64.5 Å². The Kier molecular flexibility index (Phi) is 4.48. The monoisotopic (exact) mass is 444 g/mol. The first-order valence-corrected chi connectivity index (χ1v) is 11.3. The molecule has 2 aliphatic rings. The van der Waals surface area contributed by atoms with Crippen LogP contribution >= 0.6 is 0 Å². The van der Waals surface area contributed by atoms with Gasteiger partial charge in [0.05, 0.1) is 35.1 Å². The Morgan fingerprint density at radius 1 is 0.879 bits per heavy atom. The molecule has 3 aromatic rings. The zero-order valence-electron chi connectivity index (χ0n) is 19.9. The van der Waals surface area contributed by atoms with Crippen LogP contribution in [0.15, 0.2) is 36.4 Å². The van der Waals surface area contributed by atoms with Crippen molar-refractivity contribution in [2.24, 2.45) is 5.41 Å². The number of ether oxygens (including phenoxy) is 2. The number of aryl methyl sites for hydroxylation is 2. The van der Waals surface area contributed by atoms with Gasteiger partial charge in [-0.1, -0.05) is 20.8 Å². The van der Waals surface area contributed by atoms with Crippen LogP contribution in [-0.4, -0.2) is 29.0 Å². The standard InChI is InChI=1S/C27H28N2O4/c1-15-13-19-20(14-16(15)2)29-22-21(28-19)26(5)11-12-27(22,25(26,3)4)24(31)33-18-9-7-17(8-10-18)23(30)32-6/h7-10,13-14H,11-12H2,1-6H3. The van der Waals surface area contributed by atoms with Crippen molar-refractivity contribution in [1.29, 1.82) is 0 Å². The number of aromatic nitrogens is 2. The van der Waals surface area contributed by atoms with E-state index in [0.717, 1.165) is 34.4 Å². The van der Waals surface area contributed by atoms with E-state index in [1.807, 2.05) is 6.07 Å². The highest BCUT2D eigenvalue weighted by Gasteiger charge is 2.74. The number of carbonyl (C=O) groups excluding carboxylic acids is 2. The average molecular weight is 445 g/mol. The summed E-state index contributed by atoms with van der Waals surface area (Å²) in [5.41, 5.74) is 4.45. The summed E-state index contributed by atoms with van der Waals surface area (Å²) in [4.78, 5) is 35.7. The van der Waals surface area contributed by atoms with Crippen LogP contribution in [0, 0.1) is 19.3 Å². The number of hydrogen-bond donors (Lipinski definition) is 0. The summed E-state index contributed by atoms with van der Waals surface area (Å²) in [6, 6.07) is 10.6. The lowest BCUT2D eigenvalue weighted by atomic mass is 9.64. The van der Waals surface area contributed by atoms with Crippen molar-refractivity contribution in [3.8, 4) is 5.75 Å². The fourth-order valence-corrected chi connectivity index (χ4v) is 5.78. The third-order valence-electron chi connectivity index (χ3n) is 8.49. The fraction of sp³-hybridized carbons (Fsp3) is 0.407. The fourth-order valence-electron chi connectivity index (χ4n) is 5.78. The second-order valence-electron chi connectivity index (χ2n) is 10.1. The molecule has 2 unspecified atom stereocenters. The topological polar surface area (TPSA) is 78.4 Å². The summed E-state index contributed by atoms with van der Waals surface area (Å²) < 4.78 is 10.7. The van der Waals surface area contributed by atoms with E-state index >= 15 is 0 Å². The molecular formula is C27H28N2O4. The number of esters is 2. The minimum atomic E-state index is -0.891. The van der Waals surface area contributed by atoms with Crippen molar-refractivity contribution in [2.75, 3.05) is 7.11 Å². The molecule has 6 heteroatoms. The predicted molar refractivity (Wildman–Crippen MR) is 124 cm³/mol. The Morgan fingerprint density at radius 2 is 1.45 bits per heavy atom. The minimum absolute atomic E-state index is 0.282. The number of carbonyl (C=O) groups is 2. The molecule has 1 heterocycles. The Hall–Kier alpha value is -3.28. The molecule has 2 aromatic carbocycles. The van der Waals surface area contributed by atoms with Gasteiger partial charge in [-0.05, 0) is 79.6 Å². The molecule has 1 aromatic heterocycles. The van der Waals surface area contributed by atoms with Crippen LogP contribution in [0.2, 0.25) is 0 Å². The molecule has 1 saturated carbocycles. The van der Waals surface area contributed by atoms with Gasteiger partial charge in [-0.3, -0.25) is 4.79 Å². The number of rotatable bonds is 3. The Balaban J connectivity index is 1.61. The number of nitrogens with zero attached hydrogens (tertiary/aromatic N) is 2. The molecule has 0 spiro atoms. The summed E-state index contributed by atoms with van der Waals surface area (Å²) >= 11 is 0. The molecule has 1 fully saturated rings. The first-order valence-electron chi connectivity index (χ1n) is 11.3. The van der Waals surface area contributed by atoms with Crippen molar-refractivity contribution in [3.63, 3.8) is 0 Å². The highest BCUT2D eigenvalue weighted by molar-refractivity contribution is 5.91. The van der Waals surface area contributed by atoms with Crippen LogP contribution in [0.3, 0.4) is 0 Å². The summed E-state index contributed by atoms with van der Waals surface area (Å²) in [6.45, 7) is 10.6. The average Bonchev–Trinajstić information content (AvgIpc) is 3.08. The van der Waals surface area contributed by atoms with Crippen molar-refractivity contribution >= 4 is 23.0 Å². The molecule has 0 saturated heterocycles. The lowest BCUT2D eigenvalue weighted by Gasteiger charge is -2.38. The van der Waals surface area contributed by atoms with E-state index in [1.165, 1.54) is 12.7 Å². The highest BCUT2D eigenvalue weighted by Crippen LogP contribution is 2.70. The summed E-state index contributed by atoms with van der Waals surface area (Å²) in [7, 11) is 1.33. The van der Waals surface area contributed by atoms with Gasteiger partial charge in [0.15, 0.2) is 0 Å². The second kappa shape index (κ2) is 6.86. The summed E-state index contributed by atoms with van der Waals surface area (Å²) in [5, 5.41) is 0. The van der Waals surface area contributed by atoms with Gasteiger partial charge in [-0.2, -0.15) is 0 Å². The highest BCUT2D eigenvalue weighted by atomic mass is 16.5. The quantitative estimate of drug-likeness (QED) is 0.419. The van der Waals surface area contributed by atoms with E-state index in [0.29, 0.717) is 17.7 Å². The minimum Gasteiger partial charge on any atom is -0.465 e. The number of benzene rings is 2. The molecular weight excluding hydrogens is 416 g/mol. The zero-order chi connectivity index (χ0) is 23.8. The molecule has 170 valence electrons. The molecule has 0 amide bonds. The van der Waals surface area contributed by atoms with Crippen LogP contribution in [0.5, 0.6) is 5.75 Å². The summed E-state index contributed by atoms with van der Waals surface area (Å²) in [6.07, 6.45) is 1.50. The molecule has 2 bridgehead atoms. The molecule has 6 nitrogen and oxygen atoms in total. The molecule has 2 atom stereocenters. The third-order valence-corrected chi connectivity index (χ3v) is 8.49. The van der Waals surface area contributed by atoms with Crippen molar-refractivity contribution in [1.82, 2.24) is 9.97 Å². The summed E-state index contributed by atoms with van der Waals surface area (Å²) in [5.74, 6) is -0.366. The van der Waals surface area contributed by atoms with Gasteiger partial charge in [-0.25, -0.2) is 14.8 Å². The van der Waals surface area contributed by atoms with Crippen LogP contribution < -0.4 is 4.74 Å². The van der Waals surface area contributed by atoms with Crippen molar-refractivity contribution in [2.45, 2.75) is 58.3 Å². The van der Waals surface area contributed by atoms with Crippen LogP contribution in [-0.2, 0) is 20.4 Å². The van der Waals surface area contributed by atoms with E-state index in [4.69, 9.17) is 19.4 Å². The predicted octanol–water partition coefficient (Wildman–Crippen LogP) is 4.97. The first kappa shape index (κ1) is 21.6. The second-order valence-corrected chi connectivity index (χ2v) is 10.1. The molecule has 2 aliphatic carbocycles. The van der Waals surface area contributed by atoms with Gasteiger partial charge in [0.25, 0.3) is 0 Å². The van der Waals surface area contributed by atoms with Crippen LogP contribution in [0.1, 0.15) is 66.5 Å². The number of methoxy groups -OCH3 is 1. The molecule has 5 rings (SSSR count). The Labute approximate surface area is 193 Å². The lowest BCUT2D eigenvalue weighted by molar-refractivity contribution is -0.145. The van der Waals surface area contributed by atoms with Gasteiger partial charge in [0, 0.05) is 5.41 Å². The lowest BCUT2D eigenvalue weighted by Crippen LogP contribution is -2.48. The van der Waals surface area contributed by atoms with E-state index in [1.54, 1.807) is 24.3 Å². The van der Waals surface area contributed by atoms with E-state index in [9.17, 15) is 9.59 Å². The maximum atomic E-state index is 13.9. The van der Waals surface area contributed by atoms with Crippen molar-refractivity contribution < 1.29 is 19.1 Å². The van der Waals surface area contributed by atoms with Gasteiger partial charge in [-0.15, -0.1) is 0 Å². The van der Waals surface area contributed by atoms with Gasteiger partial charge < -0.3 is 9.47 Å². The third kappa shape index (κ3) is 2.66. The molecule has 0 radical (unpaired) electrons. The molecule has 33 heavy (non-hydrogen) atoms. The maximum absolute atomic E-state index is 13.9. The SMILES string of the molecule is COC(=O)c1ccc(OC(=O)C23CCC(C)(c4nc5cc(C)c(C)cc5nc42)C3(C)C)cc1. The zero-order valence-corrected chi connectivity index (χ0v) is 19.9. The smallest absolute Gasteiger partial charge is 0.337 e. The number of fused-ring (bicyclic) bond motifs is 6. The Morgan fingerprint density at radius 3 is 2.03 bits per heavy atom. The van der Waals surface area contributed by atoms with Gasteiger partial charge >= 0.3 is 11.9 Å². The van der Waals surface area contributed by atoms with Gasteiger partial charge in [0.2, 0.25) is 0 Å². The van der Waals surface area contributed by atoms with Gasteiger partial charge in [0.1, 0.15) is 11.2 Å². The largest absolute Gasteiger partial charge is 0.465 e. The normalized spacial score (nSPS) is 24.5. The van der Waals surface area contributed by atoms with Crippen LogP contribution in [0.25, 0.3) is 11.0 Å². The van der Waals surface area contributed by atoms with E-state index < -0.39 is 16.8 Å². The maximum Gasteiger partial charge on any atom is 0.337 e. The molecule has 0 aliphatic heterocycles.